The molecule has 0 amide bonds. The third-order valence-electron chi connectivity index (χ3n) is 15.8. The van der Waals surface area contributed by atoms with Gasteiger partial charge in [-0.3, -0.25) is 19.2 Å². The Morgan fingerprint density at radius 1 is 0.659 bits per heavy atom. The number of ether oxygens (including phenoxy) is 6. The molecule has 88 heavy (non-hydrogen) atoms. The number of carbonyl (C=O) groups is 4. The Kier molecular flexibility index (Phi) is 31.1. The number of carbonyl (C=O) groups excluding carboxylic acids is 3. The van der Waals surface area contributed by atoms with Gasteiger partial charge in [0.1, 0.15) is 57.2 Å². The predicted molar refractivity (Wildman–Crippen MR) is 341 cm³/mol. The largest absolute Gasteiger partial charge is 0.491 e. The van der Waals surface area contributed by atoms with Crippen molar-refractivity contribution < 1.29 is 52.7 Å². The molecule has 2 fully saturated rings. The van der Waals surface area contributed by atoms with Crippen molar-refractivity contribution in [3.63, 3.8) is 0 Å². The number of unbranched alkanes of at least 4 members (excludes halogenated alkanes) is 16. The van der Waals surface area contributed by atoms with Gasteiger partial charge in [-0.05, 0) is 86.8 Å². The summed E-state index contributed by atoms with van der Waals surface area (Å²) < 4.78 is 39.4. The van der Waals surface area contributed by atoms with Crippen LogP contribution in [0, 0.1) is 0 Å². The topological polar surface area (TPSA) is 221 Å². The highest BCUT2D eigenvalue weighted by Gasteiger charge is 2.46. The molecule has 2 saturated heterocycles. The van der Waals surface area contributed by atoms with E-state index < -0.39 is 23.8 Å². The van der Waals surface area contributed by atoms with Crippen LogP contribution in [0.1, 0.15) is 187 Å². The Morgan fingerprint density at radius 2 is 1.19 bits per heavy atom. The van der Waals surface area contributed by atoms with Gasteiger partial charge in [0.05, 0.1) is 36.2 Å². The van der Waals surface area contributed by atoms with Gasteiger partial charge in [-0.1, -0.05) is 153 Å². The van der Waals surface area contributed by atoms with Crippen molar-refractivity contribution in [1.82, 2.24) is 29.1 Å². The zero-order valence-corrected chi connectivity index (χ0v) is 53.7. The Hall–Kier alpha value is -6.48. The Bertz CT molecular complexity index is 2840. The lowest BCUT2D eigenvalue weighted by molar-refractivity contribution is -0.190. The smallest absolute Gasteiger partial charge is 0.350 e. The first-order chi connectivity index (χ1) is 42.7. The number of aromatic nitrogens is 6. The van der Waals surface area contributed by atoms with Gasteiger partial charge in [0.15, 0.2) is 6.10 Å². The standard InChI is InChI=1S/C35H38Cl2N8O4.C31H56O8/c1-3-25(2)45-34(46)44(24-40-45)29-7-5-27(6-8-29)41-14-16-42(17-15-41)28-9-11-30(12-10-28)47-19-31-20-48-35(49-31,21-43-23-38-22-39-43)32-13-4-26(36)18-33(32)37;1-3-5-7-9-11-13-15-17-19-21-29(34)37-25-27(39-31(36)24-23-28(32)33)26-38-30(35)22-20-18-16-14-12-10-8-6-4-2/h4-13,18,22-25,31H,3,14-17,19-21H2,1-2H3;27H,3-26H2,1-2H3,(H,32,33). The molecule has 20 nitrogen and oxygen atoms in total. The van der Waals surface area contributed by atoms with Crippen LogP contribution in [0.4, 0.5) is 11.4 Å². The molecule has 5 aromatic rings. The van der Waals surface area contributed by atoms with Gasteiger partial charge in [0, 0.05) is 61.0 Å². The fraction of sp³-hybridized carbons (Fsp3) is 0.606. The number of nitrogens with zero attached hydrogens (tertiary/aromatic N) is 8. The number of anilines is 2. The molecule has 3 unspecified atom stereocenters. The van der Waals surface area contributed by atoms with Gasteiger partial charge in [0.2, 0.25) is 5.79 Å². The first kappa shape index (κ1) is 70.6. The van der Waals surface area contributed by atoms with E-state index in [1.807, 2.05) is 44.2 Å². The Labute approximate surface area is 529 Å². The summed E-state index contributed by atoms with van der Waals surface area (Å²) in [6.45, 7) is 12.4. The van der Waals surface area contributed by atoms with Crippen molar-refractivity contribution in [3.8, 4) is 11.4 Å². The molecule has 2 aromatic heterocycles. The molecular weight excluding hydrogens is 1170 g/mol. The lowest BCUT2D eigenvalue weighted by Gasteiger charge is -2.37. The van der Waals surface area contributed by atoms with Crippen LogP contribution in [-0.2, 0) is 55.2 Å². The molecule has 0 saturated carbocycles. The summed E-state index contributed by atoms with van der Waals surface area (Å²) >= 11 is 12.7. The van der Waals surface area contributed by atoms with Gasteiger partial charge in [-0.25, -0.2) is 23.7 Å². The number of esters is 3. The number of piperazine rings is 1. The van der Waals surface area contributed by atoms with Crippen LogP contribution in [-0.4, -0.2) is 123 Å². The second-order valence-electron chi connectivity index (χ2n) is 22.8. The molecule has 7 rings (SSSR count). The molecule has 3 aromatic carbocycles. The van der Waals surface area contributed by atoms with E-state index >= 15 is 0 Å². The maximum atomic E-state index is 12.8. The highest BCUT2D eigenvalue weighted by molar-refractivity contribution is 6.35. The molecule has 0 spiro atoms. The average molecular weight is 1260 g/mol. The SMILES string of the molecule is CCC(C)n1ncn(-c2ccc(N3CCN(c4ccc(OCC5COC(Cn6cncn6)(c6ccc(Cl)cc6Cl)O5)cc4)CC3)cc2)c1=O.CCCCCCCCCCCC(=O)OCC(COC(=O)CCCCCCCCCCC)OC(=O)CCC(=O)O. The number of hydrogen-bond acceptors (Lipinski definition) is 16. The fourth-order valence-electron chi connectivity index (χ4n) is 10.5. The normalized spacial score (nSPS) is 16.1. The number of rotatable bonds is 39. The lowest BCUT2D eigenvalue weighted by atomic mass is 10.1. The van der Waals surface area contributed by atoms with E-state index in [9.17, 15) is 24.0 Å². The van der Waals surface area contributed by atoms with Gasteiger partial charge in [-0.15, -0.1) is 0 Å². The van der Waals surface area contributed by atoms with Gasteiger partial charge < -0.3 is 43.3 Å². The summed E-state index contributed by atoms with van der Waals surface area (Å²) in [4.78, 5) is 68.6. The third-order valence-corrected chi connectivity index (χ3v) is 16.4. The maximum Gasteiger partial charge on any atom is 0.350 e. The summed E-state index contributed by atoms with van der Waals surface area (Å²) in [6.07, 6.45) is 24.8. The van der Waals surface area contributed by atoms with Crippen LogP contribution in [0.15, 0.2) is 90.5 Å². The van der Waals surface area contributed by atoms with Crippen LogP contribution in [0.5, 0.6) is 5.75 Å². The quantitative estimate of drug-likeness (QED) is 0.0219. The zero-order valence-electron chi connectivity index (χ0n) is 52.2. The second kappa shape index (κ2) is 38.8. The van der Waals surface area contributed by atoms with Crippen LogP contribution < -0.4 is 20.2 Å². The van der Waals surface area contributed by atoms with Gasteiger partial charge in [-0.2, -0.15) is 10.2 Å². The van der Waals surface area contributed by atoms with Crippen LogP contribution in [0.25, 0.3) is 5.69 Å². The van der Waals surface area contributed by atoms with Crippen LogP contribution in [0.3, 0.4) is 0 Å². The zero-order chi connectivity index (χ0) is 62.9. The van der Waals surface area contributed by atoms with Crippen molar-refractivity contribution in [2.45, 2.75) is 206 Å². The molecule has 22 heteroatoms. The van der Waals surface area contributed by atoms with Crippen molar-refractivity contribution in [2.75, 3.05) is 62.4 Å². The van der Waals surface area contributed by atoms with E-state index in [1.54, 1.807) is 34.0 Å². The van der Waals surface area contributed by atoms with Crippen molar-refractivity contribution in [1.29, 1.82) is 0 Å². The molecular formula is C66H94Cl2N8O12. The number of benzene rings is 3. The van der Waals surface area contributed by atoms with Gasteiger partial charge >= 0.3 is 29.6 Å². The van der Waals surface area contributed by atoms with E-state index in [0.717, 1.165) is 93.9 Å². The fourth-order valence-corrected chi connectivity index (χ4v) is 11.0. The first-order valence-electron chi connectivity index (χ1n) is 32.0. The first-order valence-corrected chi connectivity index (χ1v) is 32.8. The van der Waals surface area contributed by atoms with E-state index in [1.165, 1.54) is 88.1 Å². The van der Waals surface area contributed by atoms with Crippen molar-refractivity contribution in [3.05, 3.63) is 112 Å². The van der Waals surface area contributed by atoms with Crippen molar-refractivity contribution >= 4 is 58.5 Å². The maximum absolute atomic E-state index is 12.8. The lowest BCUT2D eigenvalue weighted by Crippen LogP contribution is -2.46. The molecule has 484 valence electrons. The molecule has 1 N–H and O–H groups in total. The average Bonchev–Trinajstić information content (AvgIpc) is 1.95. The monoisotopic (exact) mass is 1260 g/mol. The summed E-state index contributed by atoms with van der Waals surface area (Å²) in [5.41, 5.74) is 3.64. The molecule has 0 radical (unpaired) electrons. The summed E-state index contributed by atoms with van der Waals surface area (Å²) in [6, 6.07) is 21.6. The summed E-state index contributed by atoms with van der Waals surface area (Å²) in [5, 5.41) is 18.3. The Balaban J connectivity index is 0.000000290. The second-order valence-corrected chi connectivity index (χ2v) is 23.7. The molecule has 2 aliphatic rings. The molecule has 4 heterocycles. The van der Waals surface area contributed by atoms with Crippen LogP contribution in [0.2, 0.25) is 10.0 Å². The molecule has 3 atom stereocenters. The number of halogens is 2. The van der Waals surface area contributed by atoms with E-state index in [0.29, 0.717) is 28.8 Å². The number of hydrogen-bond donors (Lipinski definition) is 1. The van der Waals surface area contributed by atoms with Crippen molar-refractivity contribution in [2.24, 2.45) is 0 Å². The minimum Gasteiger partial charge on any atom is -0.491 e. The summed E-state index contributed by atoms with van der Waals surface area (Å²) in [7, 11) is 0. The number of aliphatic carboxylic acids is 1. The van der Waals surface area contributed by atoms with Gasteiger partial charge in [0.25, 0.3) is 0 Å². The highest BCUT2D eigenvalue weighted by atomic mass is 35.5. The van der Waals surface area contributed by atoms with Crippen LogP contribution >= 0.6 is 23.2 Å². The summed E-state index contributed by atoms with van der Waals surface area (Å²) in [5.74, 6) is -3.02. The minimum absolute atomic E-state index is 0.0645. The number of carboxylic acids is 1. The molecule has 2 aliphatic heterocycles. The van der Waals surface area contributed by atoms with E-state index in [2.05, 4.69) is 63.1 Å². The predicted octanol–water partition coefficient (Wildman–Crippen LogP) is 13.3. The van der Waals surface area contributed by atoms with E-state index in [-0.39, 0.29) is 75.2 Å². The Morgan fingerprint density at radius 3 is 1.70 bits per heavy atom. The number of carboxylic acid groups (broad SMARTS) is 1. The highest BCUT2D eigenvalue weighted by Crippen LogP contribution is 2.41. The molecule has 0 aliphatic carbocycles. The molecule has 0 bridgehead atoms. The third kappa shape index (κ3) is 24.1. The van der Waals surface area contributed by atoms with E-state index in [4.69, 9.17) is 56.7 Å². The minimum atomic E-state index is -1.16.